The zero-order chi connectivity index (χ0) is 32.0. The van der Waals surface area contributed by atoms with E-state index in [1.807, 2.05) is 0 Å². The quantitative estimate of drug-likeness (QED) is 0.135. The second kappa shape index (κ2) is 12.4. The molecule has 0 spiro atoms. The molecule has 0 bridgehead atoms. The summed E-state index contributed by atoms with van der Waals surface area (Å²) in [4.78, 5) is 13.3. The zero-order valence-corrected chi connectivity index (χ0v) is 23.0. The van der Waals surface area contributed by atoms with Gasteiger partial charge in [-0.05, 0) is 18.2 Å². The highest BCUT2D eigenvalue weighted by atomic mass is 16.7. The van der Waals surface area contributed by atoms with Gasteiger partial charge in [0, 0.05) is 17.7 Å². The van der Waals surface area contributed by atoms with Crippen LogP contribution < -0.4 is 10.2 Å². The largest absolute Gasteiger partial charge is 0.507 e. The molecule has 2 aliphatic heterocycles. The van der Waals surface area contributed by atoms with E-state index in [0.29, 0.717) is 0 Å². The molecule has 10 N–H and O–H groups in total. The summed E-state index contributed by atoms with van der Waals surface area (Å²) in [6.07, 6.45) is -17.5. The number of phenolic OH excluding ortho intramolecular Hbond substituents is 3. The molecule has 0 unspecified atom stereocenters. The summed E-state index contributed by atoms with van der Waals surface area (Å²) in [6, 6.07) is 5.86. The average molecular weight is 625 g/mol. The van der Waals surface area contributed by atoms with Crippen molar-refractivity contribution in [2.24, 2.45) is 0 Å². The van der Waals surface area contributed by atoms with Crippen molar-refractivity contribution < 1.29 is 74.4 Å². The van der Waals surface area contributed by atoms with Crippen LogP contribution in [0.25, 0.3) is 22.3 Å². The molecule has 240 valence electrons. The fourth-order valence-corrected chi connectivity index (χ4v) is 5.38. The van der Waals surface area contributed by atoms with Crippen molar-refractivity contribution in [3.05, 3.63) is 46.1 Å². The second-order valence-electron chi connectivity index (χ2n) is 10.5. The number of rotatable bonds is 7. The molecule has 2 fully saturated rings. The van der Waals surface area contributed by atoms with E-state index in [2.05, 4.69) is 0 Å². The van der Waals surface area contributed by atoms with E-state index in [1.165, 1.54) is 25.3 Å². The minimum absolute atomic E-state index is 0.0377. The number of aromatic hydroxyl groups is 3. The van der Waals surface area contributed by atoms with Crippen molar-refractivity contribution in [3.8, 4) is 34.3 Å². The number of aliphatic hydroxyl groups is 7. The molecule has 3 aromatic rings. The third-order valence-electron chi connectivity index (χ3n) is 7.75. The summed E-state index contributed by atoms with van der Waals surface area (Å²) in [5, 5.41) is 103. The van der Waals surface area contributed by atoms with Crippen molar-refractivity contribution in [2.75, 3.05) is 20.3 Å². The highest BCUT2D eigenvalue weighted by molar-refractivity contribution is 5.89. The lowest BCUT2D eigenvalue weighted by molar-refractivity contribution is -0.342. The molecule has 2 saturated heterocycles. The lowest BCUT2D eigenvalue weighted by Gasteiger charge is -2.46. The first-order chi connectivity index (χ1) is 20.9. The monoisotopic (exact) mass is 624 g/mol. The van der Waals surface area contributed by atoms with Crippen LogP contribution in [0, 0.1) is 0 Å². The van der Waals surface area contributed by atoms with Crippen LogP contribution >= 0.6 is 0 Å². The normalized spacial score (nSPS) is 32.5. The molecular weight excluding hydrogens is 592 g/mol. The average Bonchev–Trinajstić information content (AvgIpc) is 3.00. The van der Waals surface area contributed by atoms with Crippen LogP contribution in [0.1, 0.15) is 11.7 Å². The van der Waals surface area contributed by atoms with Crippen molar-refractivity contribution in [2.45, 2.75) is 61.2 Å². The molecule has 0 amide bonds. The number of hydrogen-bond donors (Lipinski definition) is 10. The van der Waals surface area contributed by atoms with Crippen LogP contribution in [-0.2, 0) is 14.2 Å². The molecule has 5 rings (SSSR count). The number of phenols is 3. The molecule has 1 aromatic heterocycles. The SMILES string of the molecule is COc1cc(-c2cc(=O)c3c(O)cc(O)c([C@@H]4O[C@@H](CO)[C@@H](O)[C@H](O)[C@@H]4O[C@@H]4O[C@H](CO)[C@@H](O)[C@H](O)[C@@H]4O)c3o2)ccc1O. The Bertz CT molecular complexity index is 1550. The van der Waals surface area contributed by atoms with E-state index in [9.17, 15) is 55.9 Å². The minimum atomic E-state index is -1.94. The Morgan fingerprint density at radius 2 is 1.43 bits per heavy atom. The standard InChI is InChI=1S/C28H32O16/c1-40-15-4-9(2-3-10(15)31)14-6-13(34)18-11(32)5-12(33)19(25(18)41-14)26-27(23(38)21(36)16(7-29)42-26)44-28-24(39)22(37)20(35)17(8-30)43-28/h2-6,16-17,20-24,26-33,35-39H,7-8H2,1H3/t16-,17+,20+,21+,22-,23-,24-,26-,27-,28-/m0/s1. The Labute approximate surface area is 247 Å². The highest BCUT2D eigenvalue weighted by Crippen LogP contribution is 2.45. The van der Waals surface area contributed by atoms with Gasteiger partial charge in [-0.3, -0.25) is 4.79 Å². The predicted molar refractivity (Wildman–Crippen MR) is 145 cm³/mol. The molecule has 3 heterocycles. The molecule has 2 aliphatic rings. The number of fused-ring (bicyclic) bond motifs is 1. The maximum Gasteiger partial charge on any atom is 0.197 e. The van der Waals surface area contributed by atoms with E-state index in [4.69, 9.17) is 23.4 Å². The number of ether oxygens (including phenoxy) is 4. The Kier molecular flexibility index (Phi) is 9.01. The smallest absolute Gasteiger partial charge is 0.197 e. The molecule has 0 saturated carbocycles. The van der Waals surface area contributed by atoms with Gasteiger partial charge in [0.1, 0.15) is 77.6 Å². The Balaban J connectivity index is 1.67. The molecule has 2 aromatic carbocycles. The summed E-state index contributed by atoms with van der Waals surface area (Å²) in [5.74, 6) is -1.70. The zero-order valence-electron chi connectivity index (χ0n) is 23.0. The van der Waals surface area contributed by atoms with Crippen LogP contribution in [0.3, 0.4) is 0 Å². The maximum absolute atomic E-state index is 13.3. The summed E-state index contributed by atoms with van der Waals surface area (Å²) in [5.41, 5.74) is -1.39. The van der Waals surface area contributed by atoms with Gasteiger partial charge < -0.3 is 74.4 Å². The lowest BCUT2D eigenvalue weighted by Crippen LogP contribution is -2.62. The van der Waals surface area contributed by atoms with Crippen LogP contribution in [-0.4, -0.2) is 127 Å². The molecular formula is C28H32O16. The molecule has 0 aliphatic carbocycles. The molecule has 16 nitrogen and oxygen atoms in total. The van der Waals surface area contributed by atoms with E-state index in [-0.39, 0.29) is 28.4 Å². The summed E-state index contributed by atoms with van der Waals surface area (Å²) in [7, 11) is 1.30. The van der Waals surface area contributed by atoms with Gasteiger partial charge in [0.05, 0.1) is 25.9 Å². The van der Waals surface area contributed by atoms with Crippen molar-refractivity contribution >= 4 is 11.0 Å². The summed E-state index contributed by atoms with van der Waals surface area (Å²) in [6.45, 7) is -1.63. The fourth-order valence-electron chi connectivity index (χ4n) is 5.38. The van der Waals surface area contributed by atoms with Gasteiger partial charge in [0.15, 0.2) is 28.8 Å². The van der Waals surface area contributed by atoms with Gasteiger partial charge in [-0.25, -0.2) is 0 Å². The van der Waals surface area contributed by atoms with Gasteiger partial charge in [-0.15, -0.1) is 0 Å². The first kappa shape index (κ1) is 31.9. The number of aliphatic hydroxyl groups excluding tert-OH is 7. The van der Waals surface area contributed by atoms with Crippen molar-refractivity contribution in [1.29, 1.82) is 0 Å². The van der Waals surface area contributed by atoms with Crippen LogP contribution in [0.5, 0.6) is 23.0 Å². The number of methoxy groups -OCH3 is 1. The molecule has 10 atom stereocenters. The van der Waals surface area contributed by atoms with Gasteiger partial charge in [-0.1, -0.05) is 0 Å². The maximum atomic E-state index is 13.3. The lowest BCUT2D eigenvalue weighted by atomic mass is 9.89. The van der Waals surface area contributed by atoms with Gasteiger partial charge in [0.2, 0.25) is 0 Å². The minimum Gasteiger partial charge on any atom is -0.507 e. The summed E-state index contributed by atoms with van der Waals surface area (Å²) < 4.78 is 28.0. The first-order valence-electron chi connectivity index (χ1n) is 13.4. The Morgan fingerprint density at radius 3 is 2.09 bits per heavy atom. The Hall–Kier alpha value is -3.55. The van der Waals surface area contributed by atoms with Crippen molar-refractivity contribution in [1.82, 2.24) is 0 Å². The van der Waals surface area contributed by atoms with E-state index >= 15 is 0 Å². The third kappa shape index (κ3) is 5.45. The van der Waals surface area contributed by atoms with Crippen molar-refractivity contribution in [3.63, 3.8) is 0 Å². The van der Waals surface area contributed by atoms with Gasteiger partial charge in [-0.2, -0.15) is 0 Å². The predicted octanol–water partition coefficient (Wildman–Crippen LogP) is -2.08. The Morgan fingerprint density at radius 1 is 0.773 bits per heavy atom. The number of benzene rings is 2. The second-order valence-corrected chi connectivity index (χ2v) is 10.5. The fraction of sp³-hybridized carbons (Fsp3) is 0.464. The third-order valence-corrected chi connectivity index (χ3v) is 7.75. The molecule has 44 heavy (non-hydrogen) atoms. The van der Waals surface area contributed by atoms with E-state index in [0.717, 1.165) is 12.1 Å². The van der Waals surface area contributed by atoms with Crippen LogP contribution in [0.2, 0.25) is 0 Å². The van der Waals surface area contributed by atoms with Crippen LogP contribution in [0.4, 0.5) is 0 Å². The van der Waals surface area contributed by atoms with E-state index < -0.39 is 102 Å². The van der Waals surface area contributed by atoms with Crippen LogP contribution in [0.15, 0.2) is 39.5 Å². The van der Waals surface area contributed by atoms with Gasteiger partial charge >= 0.3 is 0 Å². The first-order valence-corrected chi connectivity index (χ1v) is 13.4. The summed E-state index contributed by atoms with van der Waals surface area (Å²) >= 11 is 0. The highest BCUT2D eigenvalue weighted by Gasteiger charge is 2.52. The molecule has 16 heteroatoms. The topological polar surface area (TPSA) is 269 Å². The number of hydrogen-bond acceptors (Lipinski definition) is 16. The molecule has 0 radical (unpaired) electrons. The van der Waals surface area contributed by atoms with E-state index in [1.54, 1.807) is 0 Å². The van der Waals surface area contributed by atoms with Gasteiger partial charge in [0.25, 0.3) is 0 Å².